The fourth-order valence-corrected chi connectivity index (χ4v) is 8.63. The first-order valence-corrected chi connectivity index (χ1v) is 19.1. The summed E-state index contributed by atoms with van der Waals surface area (Å²) in [5, 5.41) is 6.81. The summed E-state index contributed by atoms with van der Waals surface area (Å²) < 4.78 is 11.6. The van der Waals surface area contributed by atoms with Gasteiger partial charge in [0.15, 0.2) is 23.1 Å². The average molecular weight is 730 g/mol. The normalized spacial score (nSPS) is 11.9. The van der Waals surface area contributed by atoms with E-state index in [4.69, 9.17) is 19.4 Å². The van der Waals surface area contributed by atoms with Gasteiger partial charge < -0.3 is 13.6 Å². The van der Waals surface area contributed by atoms with Crippen LogP contribution in [0.5, 0.6) is 0 Å². The third-order valence-electron chi connectivity index (χ3n) is 11.1. The molecule has 0 aliphatic rings. The summed E-state index contributed by atoms with van der Waals surface area (Å²) in [6.45, 7) is 0. The maximum atomic E-state index is 6.83. The van der Waals surface area contributed by atoms with Gasteiger partial charge in [0, 0.05) is 60.4 Å². The van der Waals surface area contributed by atoms with Gasteiger partial charge in [-0.15, -0.1) is 0 Å². The molecule has 0 saturated carbocycles. The van der Waals surface area contributed by atoms with Crippen molar-refractivity contribution in [2.24, 2.45) is 0 Å². The van der Waals surface area contributed by atoms with Crippen molar-refractivity contribution in [3.8, 4) is 45.5 Å². The van der Waals surface area contributed by atoms with Crippen LogP contribution in [0.25, 0.3) is 111 Å². The van der Waals surface area contributed by atoms with Gasteiger partial charge in [-0.1, -0.05) is 146 Å². The van der Waals surface area contributed by atoms with E-state index in [1.54, 1.807) is 0 Å². The lowest BCUT2D eigenvalue weighted by Gasteiger charge is -2.14. The number of hydrogen-bond donors (Lipinski definition) is 0. The molecule has 266 valence electrons. The van der Waals surface area contributed by atoms with Crippen LogP contribution in [-0.4, -0.2) is 24.1 Å². The standard InChI is InChI=1S/C51H31N5O/c1-4-15-32(16-5-1)49-52-50(33-17-6-2-7-18-33)54-51(53-49)34-19-14-22-36(31-34)56-46-40(41-29-30-42-38-24-11-13-26-44(38)57-48(42)47(41)56)28-27-39-37-23-10-12-25-43(37)55(45(39)46)35-20-8-3-9-21-35/h1-31H. The zero-order valence-electron chi connectivity index (χ0n) is 30.5. The molecule has 12 rings (SSSR count). The van der Waals surface area contributed by atoms with E-state index in [-0.39, 0.29) is 0 Å². The first-order chi connectivity index (χ1) is 28.3. The van der Waals surface area contributed by atoms with Crippen LogP contribution in [0.4, 0.5) is 0 Å². The van der Waals surface area contributed by atoms with Gasteiger partial charge in [-0.2, -0.15) is 0 Å². The Kier molecular flexibility index (Phi) is 6.83. The molecule has 0 radical (unpaired) electrons. The fraction of sp³-hybridized carbons (Fsp3) is 0. The van der Waals surface area contributed by atoms with Gasteiger partial charge in [-0.05, 0) is 42.5 Å². The van der Waals surface area contributed by atoms with Crippen molar-refractivity contribution < 1.29 is 4.42 Å². The molecule has 0 saturated heterocycles. The number of fused-ring (bicyclic) bond motifs is 11. The van der Waals surface area contributed by atoms with Crippen molar-refractivity contribution in [2.45, 2.75) is 0 Å². The molecule has 0 fully saturated rings. The Labute approximate surface area is 326 Å². The molecule has 8 aromatic carbocycles. The van der Waals surface area contributed by atoms with E-state index in [1.165, 1.54) is 10.8 Å². The van der Waals surface area contributed by atoms with Crippen molar-refractivity contribution >= 4 is 65.6 Å². The van der Waals surface area contributed by atoms with Gasteiger partial charge in [-0.3, -0.25) is 0 Å². The molecule has 6 nitrogen and oxygen atoms in total. The monoisotopic (exact) mass is 729 g/mol. The largest absolute Gasteiger partial charge is 0.454 e. The Balaban J connectivity index is 1.21. The lowest BCUT2D eigenvalue weighted by atomic mass is 10.1. The third-order valence-corrected chi connectivity index (χ3v) is 11.1. The topological polar surface area (TPSA) is 61.7 Å². The summed E-state index contributed by atoms with van der Waals surface area (Å²) >= 11 is 0. The molecular formula is C51H31N5O. The number of rotatable bonds is 5. The Morgan fingerprint density at radius 1 is 0.333 bits per heavy atom. The fourth-order valence-electron chi connectivity index (χ4n) is 8.63. The maximum absolute atomic E-state index is 6.83. The summed E-state index contributed by atoms with van der Waals surface area (Å²) in [5.74, 6) is 1.85. The van der Waals surface area contributed by atoms with Gasteiger partial charge >= 0.3 is 0 Å². The van der Waals surface area contributed by atoms with Gasteiger partial charge in [0.25, 0.3) is 0 Å². The number of nitrogens with zero attached hydrogens (tertiary/aromatic N) is 5. The summed E-state index contributed by atoms with van der Waals surface area (Å²) in [5.41, 5.74) is 10.9. The minimum Gasteiger partial charge on any atom is -0.454 e. The highest BCUT2D eigenvalue weighted by Gasteiger charge is 2.24. The molecule has 0 atom stereocenters. The molecule has 0 aliphatic carbocycles. The van der Waals surface area contributed by atoms with E-state index < -0.39 is 0 Å². The summed E-state index contributed by atoms with van der Waals surface area (Å²) in [6.07, 6.45) is 0. The van der Waals surface area contributed by atoms with Crippen LogP contribution < -0.4 is 0 Å². The maximum Gasteiger partial charge on any atom is 0.164 e. The highest BCUT2D eigenvalue weighted by Crippen LogP contribution is 2.45. The number of aromatic nitrogens is 5. The van der Waals surface area contributed by atoms with Gasteiger partial charge in [0.2, 0.25) is 0 Å². The Bertz CT molecular complexity index is 3450. The molecule has 0 spiro atoms. The van der Waals surface area contributed by atoms with E-state index in [0.29, 0.717) is 17.5 Å². The van der Waals surface area contributed by atoms with Crippen LogP contribution in [0.15, 0.2) is 192 Å². The van der Waals surface area contributed by atoms with Crippen molar-refractivity contribution in [1.82, 2.24) is 24.1 Å². The van der Waals surface area contributed by atoms with E-state index >= 15 is 0 Å². The molecule has 4 aromatic heterocycles. The zero-order valence-corrected chi connectivity index (χ0v) is 30.5. The van der Waals surface area contributed by atoms with Crippen LogP contribution >= 0.6 is 0 Å². The summed E-state index contributed by atoms with van der Waals surface area (Å²) in [6, 6.07) is 65.5. The number of benzene rings is 8. The molecule has 12 aromatic rings. The number of para-hydroxylation sites is 3. The Hall–Kier alpha value is -7.83. The lowest BCUT2D eigenvalue weighted by Crippen LogP contribution is -2.01. The van der Waals surface area contributed by atoms with Crippen LogP contribution in [0.1, 0.15) is 0 Å². The quantitative estimate of drug-likeness (QED) is 0.177. The molecule has 57 heavy (non-hydrogen) atoms. The summed E-state index contributed by atoms with van der Waals surface area (Å²) in [4.78, 5) is 15.2. The SMILES string of the molecule is c1ccc(-c2nc(-c3ccccc3)nc(-c3cccc(-n4c5c(ccc6c7ccccc7oc65)c5ccc6c7ccccc7n(-c7ccccc7)c6c54)c3)n2)cc1. The second kappa shape index (κ2) is 12.3. The smallest absolute Gasteiger partial charge is 0.164 e. The van der Waals surface area contributed by atoms with Crippen LogP contribution in [0.3, 0.4) is 0 Å². The van der Waals surface area contributed by atoms with Crippen molar-refractivity contribution in [1.29, 1.82) is 0 Å². The molecule has 0 unspecified atom stereocenters. The molecule has 0 amide bonds. The lowest BCUT2D eigenvalue weighted by molar-refractivity contribution is 0.671. The molecule has 0 bridgehead atoms. The zero-order chi connectivity index (χ0) is 37.5. The number of furan rings is 1. The molecule has 4 heterocycles. The first kappa shape index (κ1) is 31.5. The first-order valence-electron chi connectivity index (χ1n) is 19.1. The highest BCUT2D eigenvalue weighted by atomic mass is 16.3. The van der Waals surface area contributed by atoms with Gasteiger partial charge in [0.1, 0.15) is 5.58 Å². The Morgan fingerprint density at radius 2 is 0.825 bits per heavy atom. The van der Waals surface area contributed by atoms with Crippen LogP contribution in [0.2, 0.25) is 0 Å². The Morgan fingerprint density at radius 3 is 1.53 bits per heavy atom. The van der Waals surface area contributed by atoms with Gasteiger partial charge in [0.05, 0.1) is 22.1 Å². The van der Waals surface area contributed by atoms with Gasteiger partial charge in [-0.25, -0.2) is 15.0 Å². The minimum absolute atomic E-state index is 0.600. The second-order valence-corrected chi connectivity index (χ2v) is 14.4. The van der Waals surface area contributed by atoms with Crippen LogP contribution in [-0.2, 0) is 0 Å². The van der Waals surface area contributed by atoms with Crippen molar-refractivity contribution in [2.75, 3.05) is 0 Å². The molecule has 0 aliphatic heterocycles. The van der Waals surface area contributed by atoms with E-state index in [9.17, 15) is 0 Å². The van der Waals surface area contributed by atoms with Crippen molar-refractivity contribution in [3.63, 3.8) is 0 Å². The second-order valence-electron chi connectivity index (χ2n) is 14.4. The molecule has 6 heteroatoms. The van der Waals surface area contributed by atoms with Crippen LogP contribution in [0, 0.1) is 0 Å². The predicted molar refractivity (Wildman–Crippen MR) is 232 cm³/mol. The molecule has 0 N–H and O–H groups in total. The third kappa shape index (κ3) is 4.81. The summed E-state index contributed by atoms with van der Waals surface area (Å²) in [7, 11) is 0. The van der Waals surface area contributed by atoms with E-state index in [0.717, 1.165) is 82.8 Å². The number of hydrogen-bond acceptors (Lipinski definition) is 4. The van der Waals surface area contributed by atoms with Crippen molar-refractivity contribution in [3.05, 3.63) is 188 Å². The minimum atomic E-state index is 0.600. The van der Waals surface area contributed by atoms with E-state index in [2.05, 4.69) is 130 Å². The molecular weight excluding hydrogens is 699 g/mol. The predicted octanol–water partition coefficient (Wildman–Crippen LogP) is 13.0. The highest BCUT2D eigenvalue weighted by molar-refractivity contribution is 6.27. The van der Waals surface area contributed by atoms with E-state index in [1.807, 2.05) is 66.7 Å². The average Bonchev–Trinajstić information content (AvgIpc) is 3.95.